The summed E-state index contributed by atoms with van der Waals surface area (Å²) in [5, 5.41) is 4.97. The Morgan fingerprint density at radius 3 is 1.37 bits per heavy atom. The fourth-order valence-electron chi connectivity index (χ4n) is 8.86. The number of hydrogen-bond acceptors (Lipinski definition) is 4. The first kappa shape index (κ1) is 35.9. The van der Waals surface area contributed by atoms with Gasteiger partial charge in [0.2, 0.25) is 0 Å². The van der Waals surface area contributed by atoms with Gasteiger partial charge in [0.05, 0.1) is 11.0 Å². The molecular weight excluding hydrogens is 773 g/mol. The minimum atomic E-state index is 0.647. The molecule has 0 fully saturated rings. The Balaban J connectivity index is 0.932. The van der Waals surface area contributed by atoms with Gasteiger partial charge in [-0.1, -0.05) is 182 Å². The number of benzene rings is 9. The maximum atomic E-state index is 5.09. The zero-order chi connectivity index (χ0) is 41.0. The summed E-state index contributed by atoms with van der Waals surface area (Å²) >= 11 is 1.81. The molecular formula is C57H36N4S. The van der Waals surface area contributed by atoms with Crippen molar-refractivity contribution in [2.24, 2.45) is 0 Å². The van der Waals surface area contributed by atoms with E-state index in [0.29, 0.717) is 17.5 Å². The molecule has 0 aliphatic heterocycles. The van der Waals surface area contributed by atoms with Crippen molar-refractivity contribution in [3.63, 3.8) is 0 Å². The van der Waals surface area contributed by atoms with Gasteiger partial charge in [0.15, 0.2) is 17.5 Å². The van der Waals surface area contributed by atoms with Crippen LogP contribution in [0.1, 0.15) is 0 Å². The third-order valence-electron chi connectivity index (χ3n) is 11.9. The Bertz CT molecular complexity index is 3610. The molecule has 3 aromatic heterocycles. The van der Waals surface area contributed by atoms with Crippen molar-refractivity contribution in [3.05, 3.63) is 218 Å². The van der Waals surface area contributed by atoms with Crippen molar-refractivity contribution in [2.75, 3.05) is 0 Å². The third-order valence-corrected chi connectivity index (χ3v) is 13.0. The van der Waals surface area contributed by atoms with Gasteiger partial charge in [-0.15, -0.1) is 11.3 Å². The van der Waals surface area contributed by atoms with E-state index in [4.69, 9.17) is 15.0 Å². The molecule has 0 atom stereocenters. The number of nitrogens with zero attached hydrogens (tertiary/aromatic N) is 4. The average Bonchev–Trinajstić information content (AvgIpc) is 3.89. The van der Waals surface area contributed by atoms with Crippen LogP contribution < -0.4 is 0 Å². The summed E-state index contributed by atoms with van der Waals surface area (Å²) in [7, 11) is 0. The van der Waals surface area contributed by atoms with E-state index >= 15 is 0 Å². The fraction of sp³-hybridized carbons (Fsp3) is 0. The van der Waals surface area contributed by atoms with Crippen molar-refractivity contribution in [2.45, 2.75) is 0 Å². The predicted octanol–water partition coefficient (Wildman–Crippen LogP) is 15.3. The van der Waals surface area contributed by atoms with E-state index in [1.54, 1.807) is 0 Å². The van der Waals surface area contributed by atoms with Gasteiger partial charge in [0.1, 0.15) is 0 Å². The topological polar surface area (TPSA) is 43.6 Å². The minimum Gasteiger partial charge on any atom is -0.309 e. The predicted molar refractivity (Wildman–Crippen MR) is 260 cm³/mol. The summed E-state index contributed by atoms with van der Waals surface area (Å²) in [6.45, 7) is 0. The van der Waals surface area contributed by atoms with Crippen LogP contribution in [-0.2, 0) is 0 Å². The molecule has 0 spiro atoms. The van der Waals surface area contributed by atoms with Gasteiger partial charge in [-0.2, -0.15) is 0 Å². The van der Waals surface area contributed by atoms with E-state index in [1.165, 1.54) is 69.8 Å². The van der Waals surface area contributed by atoms with Crippen LogP contribution in [0.3, 0.4) is 0 Å². The first-order valence-electron chi connectivity index (χ1n) is 20.8. The lowest BCUT2D eigenvalue weighted by Gasteiger charge is -2.12. The van der Waals surface area contributed by atoms with Crippen LogP contribution in [0.5, 0.6) is 0 Å². The van der Waals surface area contributed by atoms with E-state index in [0.717, 1.165) is 27.9 Å². The smallest absolute Gasteiger partial charge is 0.164 e. The molecule has 9 aromatic carbocycles. The Labute approximate surface area is 362 Å². The number of fused-ring (bicyclic) bond motifs is 6. The molecule has 12 aromatic rings. The van der Waals surface area contributed by atoms with Crippen LogP contribution in [0, 0.1) is 0 Å². The lowest BCUT2D eigenvalue weighted by molar-refractivity contribution is 1.07. The number of aromatic nitrogens is 4. The fourth-order valence-corrected chi connectivity index (χ4v) is 10.0. The number of rotatable bonds is 7. The molecule has 5 heteroatoms. The molecule has 4 nitrogen and oxygen atoms in total. The van der Waals surface area contributed by atoms with Crippen LogP contribution in [-0.4, -0.2) is 19.5 Å². The Kier molecular flexibility index (Phi) is 8.65. The monoisotopic (exact) mass is 808 g/mol. The van der Waals surface area contributed by atoms with Crippen molar-refractivity contribution in [1.82, 2.24) is 19.5 Å². The third kappa shape index (κ3) is 6.26. The van der Waals surface area contributed by atoms with E-state index in [-0.39, 0.29) is 0 Å². The highest BCUT2D eigenvalue weighted by molar-refractivity contribution is 7.25. The van der Waals surface area contributed by atoms with Crippen molar-refractivity contribution >= 4 is 53.3 Å². The first-order chi connectivity index (χ1) is 30.7. The summed E-state index contributed by atoms with van der Waals surface area (Å²) in [5.74, 6) is 1.95. The molecule has 0 radical (unpaired) electrons. The molecule has 0 aliphatic carbocycles. The number of para-hydroxylation sites is 2. The van der Waals surface area contributed by atoms with Crippen LogP contribution in [0.25, 0.3) is 115 Å². The van der Waals surface area contributed by atoms with Crippen LogP contribution in [0.4, 0.5) is 0 Å². The lowest BCUT2D eigenvalue weighted by atomic mass is 9.93. The van der Waals surface area contributed by atoms with E-state index in [9.17, 15) is 0 Å². The number of hydrogen-bond donors (Lipinski definition) is 0. The molecule has 290 valence electrons. The molecule has 0 saturated carbocycles. The summed E-state index contributed by atoms with van der Waals surface area (Å²) < 4.78 is 4.82. The molecule has 12 rings (SSSR count). The molecule has 62 heavy (non-hydrogen) atoms. The second-order valence-electron chi connectivity index (χ2n) is 15.6. The molecule has 0 amide bonds. The summed E-state index contributed by atoms with van der Waals surface area (Å²) in [6.07, 6.45) is 0. The van der Waals surface area contributed by atoms with Gasteiger partial charge in [-0.3, -0.25) is 0 Å². The zero-order valence-electron chi connectivity index (χ0n) is 33.5. The molecule has 0 unspecified atom stereocenters. The quantitative estimate of drug-likeness (QED) is 0.161. The van der Waals surface area contributed by atoms with E-state index < -0.39 is 0 Å². The lowest BCUT2D eigenvalue weighted by Crippen LogP contribution is -2.00. The van der Waals surface area contributed by atoms with Gasteiger partial charge in [0.25, 0.3) is 0 Å². The van der Waals surface area contributed by atoms with Gasteiger partial charge < -0.3 is 4.57 Å². The average molecular weight is 809 g/mol. The largest absolute Gasteiger partial charge is 0.309 e. The molecule has 0 N–H and O–H groups in total. The SMILES string of the molecule is c1ccc(-c2ccc(-c3nc(-c4ccccc4)nc(-c4ccc5c(c4)sc4cc(-c6ccccc6-c6ccc7c8ccccc8n(-c8ccccc8)c7c6)ccc45)n3)cc2)cc1. The van der Waals surface area contributed by atoms with Crippen molar-refractivity contribution in [1.29, 1.82) is 0 Å². The van der Waals surface area contributed by atoms with Gasteiger partial charge >= 0.3 is 0 Å². The Morgan fingerprint density at radius 2 is 0.710 bits per heavy atom. The van der Waals surface area contributed by atoms with Gasteiger partial charge in [-0.05, 0) is 69.8 Å². The summed E-state index contributed by atoms with van der Waals surface area (Å²) in [5.41, 5.74) is 13.5. The number of thiophene rings is 1. The highest BCUT2D eigenvalue weighted by atomic mass is 32.1. The van der Waals surface area contributed by atoms with Gasteiger partial charge in [-0.25, -0.2) is 15.0 Å². The second kappa shape index (κ2) is 14.9. The minimum absolute atomic E-state index is 0.647. The maximum absolute atomic E-state index is 5.09. The highest BCUT2D eigenvalue weighted by Gasteiger charge is 2.17. The van der Waals surface area contributed by atoms with Gasteiger partial charge in [0, 0.05) is 53.3 Å². The van der Waals surface area contributed by atoms with E-state index in [2.05, 4.69) is 199 Å². The zero-order valence-corrected chi connectivity index (χ0v) is 34.3. The molecule has 0 aliphatic rings. The second-order valence-corrected chi connectivity index (χ2v) is 16.7. The maximum Gasteiger partial charge on any atom is 0.164 e. The van der Waals surface area contributed by atoms with Crippen LogP contribution >= 0.6 is 11.3 Å². The summed E-state index contributed by atoms with van der Waals surface area (Å²) in [4.78, 5) is 15.1. The standard InChI is InChI=1S/C57H36N4S/c1-4-14-37(15-5-1)38-24-26-40(27-25-38)56-58-55(39-16-6-2-7-17-39)59-57(60-56)43-30-33-50-49-32-29-42(35-53(49)62-54(50)36-43)46-21-11-10-20-45(46)41-28-31-48-47-22-12-13-23-51(47)61(52(48)34-41)44-18-8-3-9-19-44/h1-36H. The van der Waals surface area contributed by atoms with Crippen LogP contribution in [0.15, 0.2) is 218 Å². The van der Waals surface area contributed by atoms with Crippen LogP contribution in [0.2, 0.25) is 0 Å². The highest BCUT2D eigenvalue weighted by Crippen LogP contribution is 2.42. The molecule has 3 heterocycles. The Morgan fingerprint density at radius 1 is 0.290 bits per heavy atom. The first-order valence-corrected chi connectivity index (χ1v) is 21.7. The molecule has 0 bridgehead atoms. The van der Waals surface area contributed by atoms with Crippen molar-refractivity contribution < 1.29 is 0 Å². The van der Waals surface area contributed by atoms with E-state index in [1.807, 2.05) is 35.6 Å². The summed E-state index contributed by atoms with van der Waals surface area (Å²) in [6, 6.07) is 77.6. The Hall–Kier alpha value is -7.99. The van der Waals surface area contributed by atoms with Crippen molar-refractivity contribution in [3.8, 4) is 73.2 Å². The molecule has 0 saturated heterocycles. The normalized spacial score (nSPS) is 11.5.